The molecule has 1 fully saturated rings. The second kappa shape index (κ2) is 8.76. The molecular weight excluding hydrogens is 403 g/mol. The van der Waals surface area contributed by atoms with Crippen molar-refractivity contribution in [3.63, 3.8) is 0 Å². The summed E-state index contributed by atoms with van der Waals surface area (Å²) >= 11 is 1.52. The highest BCUT2D eigenvalue weighted by molar-refractivity contribution is 7.13. The number of aromatic nitrogens is 2. The second-order valence-electron chi connectivity index (χ2n) is 7.32. The molecule has 1 aromatic carbocycles. The molecule has 156 valence electrons. The first-order chi connectivity index (χ1) is 14.5. The van der Waals surface area contributed by atoms with Crippen molar-refractivity contribution in [1.82, 2.24) is 9.97 Å². The van der Waals surface area contributed by atoms with E-state index in [4.69, 9.17) is 11.5 Å². The lowest BCUT2D eigenvalue weighted by atomic mass is 9.91. The molecule has 0 radical (unpaired) electrons. The van der Waals surface area contributed by atoms with Gasteiger partial charge < -0.3 is 22.1 Å². The molecule has 1 amide bonds. The van der Waals surface area contributed by atoms with Gasteiger partial charge in [-0.25, -0.2) is 14.4 Å². The number of nitrogens with one attached hydrogen (secondary N) is 2. The van der Waals surface area contributed by atoms with E-state index < -0.39 is 11.7 Å². The molecule has 2 heterocycles. The summed E-state index contributed by atoms with van der Waals surface area (Å²) in [6.45, 7) is 0. The highest BCUT2D eigenvalue weighted by atomic mass is 32.1. The van der Waals surface area contributed by atoms with Gasteiger partial charge in [0.15, 0.2) is 11.6 Å². The second-order valence-corrected chi connectivity index (χ2v) is 8.22. The zero-order chi connectivity index (χ0) is 21.1. The van der Waals surface area contributed by atoms with Gasteiger partial charge >= 0.3 is 0 Å². The predicted molar refractivity (Wildman–Crippen MR) is 117 cm³/mol. The topological polar surface area (TPSA) is 119 Å². The van der Waals surface area contributed by atoms with Crippen LogP contribution in [0.25, 0.3) is 10.6 Å². The van der Waals surface area contributed by atoms with Gasteiger partial charge in [-0.3, -0.25) is 4.79 Å². The fourth-order valence-electron chi connectivity index (χ4n) is 3.62. The number of carbonyl (C=O) groups excluding carboxylic acids is 1. The van der Waals surface area contributed by atoms with E-state index in [9.17, 15) is 9.18 Å². The molecule has 0 saturated heterocycles. The van der Waals surface area contributed by atoms with Gasteiger partial charge in [-0.1, -0.05) is 25.0 Å². The first-order valence-corrected chi connectivity index (χ1v) is 10.7. The van der Waals surface area contributed by atoms with Gasteiger partial charge in [0, 0.05) is 34.9 Å². The third-order valence-electron chi connectivity index (χ3n) is 5.19. The Bertz CT molecular complexity index is 1040. The molecule has 3 aromatic rings. The summed E-state index contributed by atoms with van der Waals surface area (Å²) in [5.41, 5.74) is 13.2. The van der Waals surface area contributed by atoms with Crippen LogP contribution in [0.2, 0.25) is 0 Å². The minimum atomic E-state index is -0.763. The maximum atomic E-state index is 14.7. The zero-order valence-electron chi connectivity index (χ0n) is 16.3. The van der Waals surface area contributed by atoms with E-state index in [1.807, 2.05) is 29.6 Å². The lowest BCUT2D eigenvalue weighted by Crippen LogP contribution is -2.43. The molecular formula is C21H23FN6OS. The molecule has 9 heteroatoms. The van der Waals surface area contributed by atoms with Crippen molar-refractivity contribution in [2.24, 2.45) is 11.5 Å². The number of halogens is 1. The summed E-state index contributed by atoms with van der Waals surface area (Å²) in [5, 5.41) is 8.98. The van der Waals surface area contributed by atoms with Crippen molar-refractivity contribution in [2.75, 3.05) is 10.6 Å². The standard InChI is InChI=1S/C21H23FN6OS/c22-15-11-14(18(24)29)19(28-20(15)27-17-7-2-1-6-16(17)23)26-13-5-3-4-12(10-13)21-25-8-9-30-21/h3-5,8-11,16-17H,1-2,6-7,23H2,(H2,24,29)(H2,26,27,28). The van der Waals surface area contributed by atoms with E-state index in [-0.39, 0.29) is 29.3 Å². The average Bonchev–Trinajstić information content (AvgIpc) is 3.27. The van der Waals surface area contributed by atoms with Gasteiger partial charge in [-0.05, 0) is 31.0 Å². The maximum Gasteiger partial charge on any atom is 0.252 e. The van der Waals surface area contributed by atoms with Gasteiger partial charge in [-0.2, -0.15) is 0 Å². The lowest BCUT2D eigenvalue weighted by Gasteiger charge is -2.30. The van der Waals surface area contributed by atoms with Crippen molar-refractivity contribution < 1.29 is 9.18 Å². The summed E-state index contributed by atoms with van der Waals surface area (Å²) < 4.78 is 14.7. The SMILES string of the molecule is NC(=O)c1cc(F)c(NC2CCCCC2N)nc1Nc1cccc(-c2nccs2)c1. The molecule has 6 N–H and O–H groups in total. The number of pyridine rings is 1. The molecule has 0 spiro atoms. The quantitative estimate of drug-likeness (QED) is 0.475. The third kappa shape index (κ3) is 4.42. The van der Waals surface area contributed by atoms with E-state index in [1.165, 1.54) is 11.3 Å². The number of thiazole rings is 1. The number of anilines is 3. The molecule has 0 bridgehead atoms. The van der Waals surface area contributed by atoms with E-state index in [2.05, 4.69) is 20.6 Å². The molecule has 2 atom stereocenters. The highest BCUT2D eigenvalue weighted by Crippen LogP contribution is 2.29. The molecule has 2 unspecified atom stereocenters. The molecule has 1 saturated carbocycles. The van der Waals surface area contributed by atoms with E-state index in [1.54, 1.807) is 6.20 Å². The largest absolute Gasteiger partial charge is 0.365 e. The first-order valence-electron chi connectivity index (χ1n) is 9.80. The van der Waals surface area contributed by atoms with Crippen LogP contribution < -0.4 is 22.1 Å². The molecule has 4 rings (SSSR count). The number of benzene rings is 1. The van der Waals surface area contributed by atoms with Crippen molar-refractivity contribution in [3.05, 3.63) is 53.3 Å². The number of carbonyl (C=O) groups is 1. The van der Waals surface area contributed by atoms with E-state index in [0.29, 0.717) is 5.69 Å². The normalized spacial score (nSPS) is 18.7. The molecule has 1 aliphatic carbocycles. The van der Waals surface area contributed by atoms with Crippen molar-refractivity contribution in [2.45, 2.75) is 37.8 Å². The van der Waals surface area contributed by atoms with Gasteiger partial charge in [0.05, 0.1) is 5.56 Å². The van der Waals surface area contributed by atoms with Gasteiger partial charge in [0.25, 0.3) is 5.91 Å². The smallest absolute Gasteiger partial charge is 0.252 e. The van der Waals surface area contributed by atoms with Gasteiger partial charge in [0.1, 0.15) is 10.8 Å². The van der Waals surface area contributed by atoms with Crippen LogP contribution in [-0.2, 0) is 0 Å². The molecule has 0 aliphatic heterocycles. The Balaban J connectivity index is 1.64. The Hall–Kier alpha value is -3.04. The summed E-state index contributed by atoms with van der Waals surface area (Å²) in [5.74, 6) is -1.16. The van der Waals surface area contributed by atoms with Crippen LogP contribution in [0.5, 0.6) is 0 Å². The van der Waals surface area contributed by atoms with E-state index in [0.717, 1.165) is 42.3 Å². The van der Waals surface area contributed by atoms with Crippen molar-refractivity contribution in [3.8, 4) is 10.6 Å². The van der Waals surface area contributed by atoms with Crippen molar-refractivity contribution >= 4 is 34.6 Å². The Morgan fingerprint density at radius 2 is 2.03 bits per heavy atom. The predicted octanol–water partition coefficient (Wildman–Crippen LogP) is 3.87. The molecule has 7 nitrogen and oxygen atoms in total. The van der Waals surface area contributed by atoms with Crippen LogP contribution >= 0.6 is 11.3 Å². The number of amides is 1. The van der Waals surface area contributed by atoms with Crippen LogP contribution in [0.3, 0.4) is 0 Å². The number of nitrogens with zero attached hydrogens (tertiary/aromatic N) is 2. The fraction of sp³-hybridized carbons (Fsp3) is 0.286. The number of rotatable bonds is 6. The summed E-state index contributed by atoms with van der Waals surface area (Å²) in [6, 6.07) is 8.50. The third-order valence-corrected chi connectivity index (χ3v) is 6.01. The Morgan fingerprint density at radius 1 is 1.20 bits per heavy atom. The summed E-state index contributed by atoms with van der Waals surface area (Å²) in [6.07, 6.45) is 5.56. The lowest BCUT2D eigenvalue weighted by molar-refractivity contribution is 0.100. The minimum absolute atomic E-state index is 0.0226. The Kier molecular flexibility index (Phi) is 5.91. The number of hydrogen-bond acceptors (Lipinski definition) is 7. The zero-order valence-corrected chi connectivity index (χ0v) is 17.1. The van der Waals surface area contributed by atoms with Crippen LogP contribution in [0.1, 0.15) is 36.0 Å². The minimum Gasteiger partial charge on any atom is -0.365 e. The van der Waals surface area contributed by atoms with Crippen LogP contribution in [0.4, 0.5) is 21.7 Å². The highest BCUT2D eigenvalue weighted by Gasteiger charge is 2.24. The van der Waals surface area contributed by atoms with Crippen LogP contribution in [0.15, 0.2) is 41.9 Å². The van der Waals surface area contributed by atoms with Crippen LogP contribution in [-0.4, -0.2) is 28.0 Å². The van der Waals surface area contributed by atoms with Gasteiger partial charge in [0.2, 0.25) is 0 Å². The maximum absolute atomic E-state index is 14.7. The Labute approximate surface area is 177 Å². The first kappa shape index (κ1) is 20.2. The summed E-state index contributed by atoms with van der Waals surface area (Å²) in [4.78, 5) is 20.5. The Morgan fingerprint density at radius 3 is 2.77 bits per heavy atom. The van der Waals surface area contributed by atoms with Gasteiger partial charge in [-0.15, -0.1) is 11.3 Å². The number of primary amides is 1. The van der Waals surface area contributed by atoms with E-state index >= 15 is 0 Å². The fourth-order valence-corrected chi connectivity index (χ4v) is 4.26. The van der Waals surface area contributed by atoms with Crippen molar-refractivity contribution in [1.29, 1.82) is 0 Å². The average molecular weight is 427 g/mol. The molecule has 1 aliphatic rings. The summed E-state index contributed by atoms with van der Waals surface area (Å²) in [7, 11) is 0. The molecule has 2 aromatic heterocycles. The van der Waals surface area contributed by atoms with Crippen LogP contribution in [0, 0.1) is 5.82 Å². The monoisotopic (exact) mass is 426 g/mol. The molecule has 30 heavy (non-hydrogen) atoms. The number of nitrogens with two attached hydrogens (primary N) is 2. The number of hydrogen-bond donors (Lipinski definition) is 4.